The first-order valence-corrected chi connectivity index (χ1v) is 5.11. The number of hydrogen-bond acceptors (Lipinski definition) is 3. The Morgan fingerprint density at radius 1 is 1.62 bits per heavy atom. The van der Waals surface area contributed by atoms with Crippen LogP contribution in [0.5, 0.6) is 0 Å². The van der Waals surface area contributed by atoms with E-state index in [9.17, 15) is 5.11 Å². The Morgan fingerprint density at radius 2 is 2.38 bits per heavy atom. The van der Waals surface area contributed by atoms with Gasteiger partial charge in [-0.25, -0.2) is 0 Å². The highest BCUT2D eigenvalue weighted by Crippen LogP contribution is 2.12. The van der Waals surface area contributed by atoms with Gasteiger partial charge in [0.05, 0.1) is 25.4 Å². The summed E-state index contributed by atoms with van der Waals surface area (Å²) < 4.78 is 10.7. The molecule has 1 fully saturated rings. The summed E-state index contributed by atoms with van der Waals surface area (Å²) in [5.41, 5.74) is 0. The molecule has 78 valence electrons. The van der Waals surface area contributed by atoms with E-state index in [0.717, 1.165) is 19.4 Å². The highest BCUT2D eigenvalue weighted by atomic mass is 16.5. The molecule has 3 atom stereocenters. The third kappa shape index (κ3) is 3.63. The molecule has 1 N–H and O–H groups in total. The van der Waals surface area contributed by atoms with E-state index in [2.05, 4.69) is 6.92 Å². The summed E-state index contributed by atoms with van der Waals surface area (Å²) in [6, 6.07) is 0. The lowest BCUT2D eigenvalue weighted by molar-refractivity contribution is -0.0306. The van der Waals surface area contributed by atoms with Gasteiger partial charge in [-0.3, -0.25) is 0 Å². The fourth-order valence-corrected chi connectivity index (χ4v) is 1.32. The lowest BCUT2D eigenvalue weighted by Gasteiger charge is -2.19. The van der Waals surface area contributed by atoms with Crippen molar-refractivity contribution in [2.24, 2.45) is 5.92 Å². The molecule has 0 aromatic carbocycles. The molecule has 0 amide bonds. The highest BCUT2D eigenvalue weighted by Gasteiger charge is 2.19. The number of hydrogen-bond donors (Lipinski definition) is 1. The number of ether oxygens (including phenoxy) is 2. The van der Waals surface area contributed by atoms with Crippen molar-refractivity contribution >= 4 is 0 Å². The minimum Gasteiger partial charge on any atom is -0.390 e. The van der Waals surface area contributed by atoms with E-state index in [4.69, 9.17) is 9.47 Å². The number of aliphatic hydroxyl groups excluding tert-OH is 1. The summed E-state index contributed by atoms with van der Waals surface area (Å²) in [4.78, 5) is 0. The van der Waals surface area contributed by atoms with Crippen molar-refractivity contribution in [2.45, 2.75) is 38.9 Å². The standard InChI is InChI=1S/C10H20O3/c1-3-8(2)10(11)7-13-9-4-5-12-6-9/h8-11H,3-7H2,1-2H3. The minimum absolute atomic E-state index is 0.207. The first kappa shape index (κ1) is 11.0. The van der Waals surface area contributed by atoms with Crippen molar-refractivity contribution < 1.29 is 14.6 Å². The first-order valence-electron chi connectivity index (χ1n) is 5.11. The van der Waals surface area contributed by atoms with Gasteiger partial charge in [0.2, 0.25) is 0 Å². The topological polar surface area (TPSA) is 38.7 Å². The van der Waals surface area contributed by atoms with E-state index < -0.39 is 0 Å². The van der Waals surface area contributed by atoms with Crippen molar-refractivity contribution in [1.82, 2.24) is 0 Å². The molecule has 0 aromatic heterocycles. The molecule has 3 heteroatoms. The van der Waals surface area contributed by atoms with Gasteiger partial charge >= 0.3 is 0 Å². The molecule has 1 aliphatic rings. The van der Waals surface area contributed by atoms with Crippen LogP contribution in [0.3, 0.4) is 0 Å². The van der Waals surface area contributed by atoms with Crippen LogP contribution in [0.1, 0.15) is 26.7 Å². The molecule has 0 aromatic rings. The van der Waals surface area contributed by atoms with Crippen LogP contribution < -0.4 is 0 Å². The zero-order valence-corrected chi connectivity index (χ0v) is 8.53. The fraction of sp³-hybridized carbons (Fsp3) is 1.00. The predicted octanol–water partition coefficient (Wildman–Crippen LogP) is 1.20. The van der Waals surface area contributed by atoms with Gasteiger partial charge in [0.25, 0.3) is 0 Å². The minimum atomic E-state index is -0.328. The maximum atomic E-state index is 9.61. The number of aliphatic hydroxyl groups is 1. The van der Waals surface area contributed by atoms with E-state index in [1.54, 1.807) is 0 Å². The summed E-state index contributed by atoms with van der Waals surface area (Å²) in [6.45, 7) is 6.05. The molecule has 0 spiro atoms. The van der Waals surface area contributed by atoms with Gasteiger partial charge in [-0.05, 0) is 12.3 Å². The van der Waals surface area contributed by atoms with Gasteiger partial charge in [0.15, 0.2) is 0 Å². The zero-order valence-electron chi connectivity index (χ0n) is 8.53. The van der Waals surface area contributed by atoms with Crippen molar-refractivity contribution in [3.05, 3.63) is 0 Å². The van der Waals surface area contributed by atoms with E-state index >= 15 is 0 Å². The van der Waals surface area contributed by atoms with Crippen LogP contribution in [0, 0.1) is 5.92 Å². The van der Waals surface area contributed by atoms with Crippen LogP contribution in [0.25, 0.3) is 0 Å². The smallest absolute Gasteiger partial charge is 0.0831 e. The first-order chi connectivity index (χ1) is 6.24. The van der Waals surface area contributed by atoms with Crippen LogP contribution in [0.2, 0.25) is 0 Å². The molecular formula is C10H20O3. The normalized spacial score (nSPS) is 27.5. The van der Waals surface area contributed by atoms with Crippen LogP contribution in [0.4, 0.5) is 0 Å². The summed E-state index contributed by atoms with van der Waals surface area (Å²) in [7, 11) is 0. The molecule has 3 nitrogen and oxygen atoms in total. The van der Waals surface area contributed by atoms with Crippen molar-refractivity contribution in [2.75, 3.05) is 19.8 Å². The molecular weight excluding hydrogens is 168 g/mol. The van der Waals surface area contributed by atoms with Crippen LogP contribution >= 0.6 is 0 Å². The molecule has 0 bridgehead atoms. The van der Waals surface area contributed by atoms with Crippen LogP contribution in [0.15, 0.2) is 0 Å². The Hall–Kier alpha value is -0.120. The second-order valence-corrected chi connectivity index (χ2v) is 3.77. The molecule has 0 radical (unpaired) electrons. The van der Waals surface area contributed by atoms with Gasteiger partial charge in [-0.1, -0.05) is 20.3 Å². The molecule has 1 rings (SSSR count). The summed E-state index contributed by atoms with van der Waals surface area (Å²) >= 11 is 0. The Balaban J connectivity index is 2.10. The van der Waals surface area contributed by atoms with Crippen molar-refractivity contribution in [3.63, 3.8) is 0 Å². The molecule has 13 heavy (non-hydrogen) atoms. The van der Waals surface area contributed by atoms with E-state index in [1.807, 2.05) is 6.92 Å². The van der Waals surface area contributed by atoms with Gasteiger partial charge < -0.3 is 14.6 Å². The number of rotatable bonds is 5. The quantitative estimate of drug-likeness (QED) is 0.704. The van der Waals surface area contributed by atoms with Gasteiger partial charge in [-0.15, -0.1) is 0 Å². The van der Waals surface area contributed by atoms with Crippen molar-refractivity contribution in [3.8, 4) is 0 Å². The van der Waals surface area contributed by atoms with E-state index in [-0.39, 0.29) is 12.2 Å². The fourth-order valence-electron chi connectivity index (χ4n) is 1.32. The predicted molar refractivity (Wildman–Crippen MR) is 50.6 cm³/mol. The summed E-state index contributed by atoms with van der Waals surface area (Å²) in [5, 5.41) is 9.61. The maximum Gasteiger partial charge on any atom is 0.0831 e. The highest BCUT2D eigenvalue weighted by molar-refractivity contribution is 4.67. The Bertz CT molecular complexity index is 132. The van der Waals surface area contributed by atoms with E-state index in [0.29, 0.717) is 19.1 Å². The molecule has 0 saturated carbocycles. The average Bonchev–Trinajstić information content (AvgIpc) is 2.65. The second kappa shape index (κ2) is 5.58. The largest absolute Gasteiger partial charge is 0.390 e. The summed E-state index contributed by atoms with van der Waals surface area (Å²) in [5.74, 6) is 0.322. The van der Waals surface area contributed by atoms with Crippen molar-refractivity contribution in [1.29, 1.82) is 0 Å². The molecule has 1 aliphatic heterocycles. The third-order valence-corrected chi connectivity index (χ3v) is 2.69. The van der Waals surface area contributed by atoms with E-state index in [1.165, 1.54) is 0 Å². The van der Waals surface area contributed by atoms with Gasteiger partial charge in [-0.2, -0.15) is 0 Å². The maximum absolute atomic E-state index is 9.61. The molecule has 3 unspecified atom stereocenters. The lowest BCUT2D eigenvalue weighted by Crippen LogP contribution is -2.26. The SMILES string of the molecule is CCC(C)C(O)COC1CCOC1. The monoisotopic (exact) mass is 188 g/mol. The van der Waals surface area contributed by atoms with Gasteiger partial charge in [0.1, 0.15) is 0 Å². The molecule has 1 heterocycles. The molecule has 1 saturated heterocycles. The average molecular weight is 188 g/mol. The lowest BCUT2D eigenvalue weighted by atomic mass is 10.0. The Kier molecular flexibility index (Phi) is 4.70. The third-order valence-electron chi connectivity index (χ3n) is 2.69. The van der Waals surface area contributed by atoms with Crippen LogP contribution in [-0.4, -0.2) is 37.1 Å². The summed E-state index contributed by atoms with van der Waals surface area (Å²) in [6.07, 6.45) is 1.84. The zero-order chi connectivity index (χ0) is 9.68. The Morgan fingerprint density at radius 3 is 2.92 bits per heavy atom. The van der Waals surface area contributed by atoms with Crippen LogP contribution in [-0.2, 0) is 9.47 Å². The Labute approximate surface area is 80.0 Å². The second-order valence-electron chi connectivity index (χ2n) is 3.77. The molecule has 0 aliphatic carbocycles. The van der Waals surface area contributed by atoms with Gasteiger partial charge in [0, 0.05) is 6.61 Å².